The van der Waals surface area contributed by atoms with E-state index in [9.17, 15) is 0 Å². The maximum atomic E-state index is 8.69. The van der Waals surface area contributed by atoms with E-state index in [1.807, 2.05) is 19.1 Å². The second-order valence-electron chi connectivity index (χ2n) is 4.49. The van der Waals surface area contributed by atoms with Crippen LogP contribution in [-0.4, -0.2) is 40.1 Å². The predicted octanol–water partition coefficient (Wildman–Crippen LogP) is 2.99. The van der Waals surface area contributed by atoms with Crippen molar-refractivity contribution in [1.82, 2.24) is 10.6 Å². The van der Waals surface area contributed by atoms with E-state index in [0.717, 1.165) is 22.3 Å². The van der Waals surface area contributed by atoms with Gasteiger partial charge in [0.25, 0.3) is 0 Å². The van der Waals surface area contributed by atoms with Crippen LogP contribution in [0.4, 0.5) is 0 Å². The van der Waals surface area contributed by atoms with Gasteiger partial charge in [0.1, 0.15) is 16.6 Å². The van der Waals surface area contributed by atoms with Gasteiger partial charge in [-0.15, -0.1) is 23.2 Å². The maximum absolute atomic E-state index is 8.69. The molecule has 0 aliphatic carbocycles. The molecule has 0 bridgehead atoms. The van der Waals surface area contributed by atoms with E-state index < -0.39 is 0 Å². The number of alkyl halides is 2. The van der Waals surface area contributed by atoms with Gasteiger partial charge in [0.05, 0.1) is 0 Å². The molecule has 0 spiro atoms. The zero-order chi connectivity index (χ0) is 16.5. The number of rotatable bonds is 8. The summed E-state index contributed by atoms with van der Waals surface area (Å²) in [7, 11) is 0. The van der Waals surface area contributed by atoms with Crippen LogP contribution in [0.2, 0.25) is 0 Å². The molecule has 3 N–H and O–H groups in total. The number of nitrogens with one attached hydrogen (secondary N) is 2. The first-order chi connectivity index (χ1) is 10.5. The van der Waals surface area contributed by atoms with Crippen LogP contribution in [-0.2, 0) is 11.5 Å². The summed E-state index contributed by atoms with van der Waals surface area (Å²) in [6, 6.07) is 3.78. The first-order valence-corrected chi connectivity index (χ1v) is 8.51. The van der Waals surface area contributed by atoms with Crippen LogP contribution in [0.1, 0.15) is 22.3 Å². The third kappa shape index (κ3) is 5.61. The Hall–Kier alpha value is -0.500. The molecule has 1 rings (SSSR count). The van der Waals surface area contributed by atoms with Crippen LogP contribution in [0.15, 0.2) is 12.1 Å². The summed E-state index contributed by atoms with van der Waals surface area (Å²) in [5.74, 6) is 0.905. The van der Waals surface area contributed by atoms with E-state index in [1.165, 1.54) is 0 Å². The molecule has 22 heavy (non-hydrogen) atoms. The smallest absolute Gasteiger partial charge is 0.107 e. The standard InChI is InChI=1S/C14H18Cl2N2O2S2/c1-9-6-11(13(21)17-4-2-15)12(7-10(9)8-20-19)14(22)18-5-3-16/h6-7,19H,2-5,8H2,1H3,(H,17,21)(H,18,22). The number of aryl methyl sites for hydroxylation is 1. The summed E-state index contributed by atoms with van der Waals surface area (Å²) < 4.78 is 0. The molecule has 0 fully saturated rings. The van der Waals surface area contributed by atoms with Crippen LogP contribution in [0.5, 0.6) is 0 Å². The van der Waals surface area contributed by atoms with Gasteiger partial charge in [0, 0.05) is 36.0 Å². The molecule has 4 nitrogen and oxygen atoms in total. The van der Waals surface area contributed by atoms with Gasteiger partial charge < -0.3 is 10.6 Å². The Morgan fingerprint density at radius 2 is 1.59 bits per heavy atom. The molecule has 122 valence electrons. The van der Waals surface area contributed by atoms with Gasteiger partial charge in [-0.3, -0.25) is 5.26 Å². The van der Waals surface area contributed by atoms with Gasteiger partial charge in [-0.1, -0.05) is 24.4 Å². The molecule has 0 saturated heterocycles. The van der Waals surface area contributed by atoms with Crippen molar-refractivity contribution in [1.29, 1.82) is 0 Å². The molecule has 0 heterocycles. The van der Waals surface area contributed by atoms with Crippen LogP contribution in [0.3, 0.4) is 0 Å². The van der Waals surface area contributed by atoms with Crippen molar-refractivity contribution in [3.8, 4) is 0 Å². The van der Waals surface area contributed by atoms with Gasteiger partial charge in [-0.25, -0.2) is 4.89 Å². The lowest BCUT2D eigenvalue weighted by atomic mass is 9.99. The van der Waals surface area contributed by atoms with Crippen LogP contribution >= 0.6 is 47.6 Å². The molecular formula is C14H18Cl2N2O2S2. The van der Waals surface area contributed by atoms with Crippen molar-refractivity contribution in [3.63, 3.8) is 0 Å². The van der Waals surface area contributed by atoms with Crippen LogP contribution < -0.4 is 10.6 Å². The fourth-order valence-electron chi connectivity index (χ4n) is 1.87. The number of hydrogen-bond donors (Lipinski definition) is 3. The third-order valence-corrected chi connectivity index (χ3v) is 4.05. The highest BCUT2D eigenvalue weighted by atomic mass is 35.5. The molecule has 1 aromatic rings. The topological polar surface area (TPSA) is 53.5 Å². The predicted molar refractivity (Wildman–Crippen MR) is 99.4 cm³/mol. The van der Waals surface area contributed by atoms with Gasteiger partial charge in [-0.2, -0.15) is 0 Å². The monoisotopic (exact) mass is 380 g/mol. The fraction of sp³-hybridized carbons (Fsp3) is 0.429. The highest BCUT2D eigenvalue weighted by Crippen LogP contribution is 2.19. The Kier molecular flexibility index (Phi) is 9.16. The van der Waals surface area contributed by atoms with E-state index >= 15 is 0 Å². The fourth-order valence-corrected chi connectivity index (χ4v) is 2.60. The minimum Gasteiger partial charge on any atom is -0.375 e. The molecule has 1 aromatic carbocycles. The lowest BCUT2D eigenvalue weighted by molar-refractivity contribution is -0.253. The second kappa shape index (κ2) is 10.3. The maximum Gasteiger partial charge on any atom is 0.107 e. The van der Waals surface area contributed by atoms with Crippen LogP contribution in [0, 0.1) is 6.92 Å². The number of hydrogen-bond acceptors (Lipinski definition) is 4. The molecule has 0 radical (unpaired) electrons. The summed E-state index contributed by atoms with van der Waals surface area (Å²) in [5, 5.41) is 14.8. The SMILES string of the molecule is Cc1cc(C(=S)NCCCl)c(C(=S)NCCCl)cc1COO. The Balaban J connectivity index is 3.18. The molecule has 0 atom stereocenters. The van der Waals surface area contributed by atoms with E-state index in [0.29, 0.717) is 34.8 Å². The van der Waals surface area contributed by atoms with Crippen LogP contribution in [0.25, 0.3) is 0 Å². The molecule has 0 amide bonds. The number of halogens is 2. The zero-order valence-corrected chi connectivity index (χ0v) is 15.3. The first kappa shape index (κ1) is 19.5. The average Bonchev–Trinajstić information content (AvgIpc) is 2.51. The lowest BCUT2D eigenvalue weighted by Gasteiger charge is -2.17. The summed E-state index contributed by atoms with van der Waals surface area (Å²) in [6.07, 6.45) is 0. The number of thiocarbonyl (C=S) groups is 2. The highest BCUT2D eigenvalue weighted by molar-refractivity contribution is 7.81. The molecule has 0 aromatic heterocycles. The Bertz CT molecular complexity index is 542. The molecule has 0 aliphatic rings. The summed E-state index contributed by atoms with van der Waals surface area (Å²) >= 11 is 22.2. The van der Waals surface area contributed by atoms with Crippen molar-refractivity contribution >= 4 is 57.6 Å². The van der Waals surface area contributed by atoms with Crippen molar-refractivity contribution in [2.75, 3.05) is 24.8 Å². The van der Waals surface area contributed by atoms with Gasteiger partial charge >= 0.3 is 0 Å². The minimum atomic E-state index is 0.0824. The highest BCUT2D eigenvalue weighted by Gasteiger charge is 2.15. The van der Waals surface area contributed by atoms with E-state index in [2.05, 4.69) is 15.5 Å². The zero-order valence-electron chi connectivity index (χ0n) is 12.1. The Morgan fingerprint density at radius 1 is 1.09 bits per heavy atom. The summed E-state index contributed by atoms with van der Waals surface area (Å²) in [4.78, 5) is 5.36. The minimum absolute atomic E-state index is 0.0824. The molecule has 0 unspecified atom stereocenters. The lowest BCUT2D eigenvalue weighted by Crippen LogP contribution is -2.30. The van der Waals surface area contributed by atoms with Gasteiger partial charge in [0.15, 0.2) is 0 Å². The molecular weight excluding hydrogens is 363 g/mol. The second-order valence-corrected chi connectivity index (χ2v) is 6.06. The normalized spacial score (nSPS) is 10.4. The van der Waals surface area contributed by atoms with E-state index in [4.69, 9.17) is 52.9 Å². The van der Waals surface area contributed by atoms with Crippen molar-refractivity contribution in [3.05, 3.63) is 34.4 Å². The van der Waals surface area contributed by atoms with Gasteiger partial charge in [-0.05, 0) is 30.2 Å². The average molecular weight is 381 g/mol. The molecule has 8 heteroatoms. The van der Waals surface area contributed by atoms with E-state index in [-0.39, 0.29) is 6.61 Å². The molecule has 0 aliphatic heterocycles. The Labute approximate surface area is 151 Å². The summed E-state index contributed by atoms with van der Waals surface area (Å²) in [5.41, 5.74) is 3.36. The summed E-state index contributed by atoms with van der Waals surface area (Å²) in [6.45, 7) is 3.13. The largest absolute Gasteiger partial charge is 0.375 e. The van der Waals surface area contributed by atoms with E-state index in [1.54, 1.807) is 0 Å². The van der Waals surface area contributed by atoms with Gasteiger partial charge in [0.2, 0.25) is 0 Å². The first-order valence-electron chi connectivity index (χ1n) is 6.63. The third-order valence-electron chi connectivity index (χ3n) is 2.95. The molecule has 0 saturated carbocycles. The van der Waals surface area contributed by atoms with Crippen molar-refractivity contribution < 1.29 is 10.1 Å². The Morgan fingerprint density at radius 3 is 2.05 bits per heavy atom. The number of benzene rings is 1. The van der Waals surface area contributed by atoms with Crippen molar-refractivity contribution in [2.45, 2.75) is 13.5 Å². The van der Waals surface area contributed by atoms with Crippen molar-refractivity contribution in [2.24, 2.45) is 0 Å². The quantitative estimate of drug-likeness (QED) is 0.279.